The van der Waals surface area contributed by atoms with Gasteiger partial charge in [-0.15, -0.1) is 0 Å². The molecule has 7 heteroatoms. The van der Waals surface area contributed by atoms with Crippen LogP contribution in [0.3, 0.4) is 0 Å². The predicted molar refractivity (Wildman–Crippen MR) is 113 cm³/mol. The van der Waals surface area contributed by atoms with Gasteiger partial charge in [0.15, 0.2) is 0 Å². The van der Waals surface area contributed by atoms with Gasteiger partial charge in [-0.05, 0) is 43.3 Å². The van der Waals surface area contributed by atoms with E-state index in [2.05, 4.69) is 5.32 Å². The number of hydrogen-bond donors (Lipinski definition) is 1. The van der Waals surface area contributed by atoms with E-state index in [0.717, 1.165) is 10.5 Å². The number of furan rings is 1. The Bertz CT molecular complexity index is 1080. The highest BCUT2D eigenvalue weighted by molar-refractivity contribution is 5.97. The summed E-state index contributed by atoms with van der Waals surface area (Å²) in [5, 5.41) is 2.68. The molecule has 1 fully saturated rings. The van der Waals surface area contributed by atoms with E-state index in [1.165, 1.54) is 6.26 Å². The van der Waals surface area contributed by atoms with Gasteiger partial charge in [0.2, 0.25) is 5.91 Å². The van der Waals surface area contributed by atoms with E-state index in [1.807, 2.05) is 19.1 Å². The Hall–Kier alpha value is -3.48. The highest BCUT2D eigenvalue weighted by atomic mass is 19.3. The lowest BCUT2D eigenvalue weighted by atomic mass is 9.93. The topological polar surface area (TPSA) is 62.6 Å². The molecule has 0 aliphatic carbocycles. The van der Waals surface area contributed by atoms with E-state index in [9.17, 15) is 18.4 Å². The van der Waals surface area contributed by atoms with Gasteiger partial charge in [0.05, 0.1) is 18.7 Å². The SMILES string of the molecule is Cc1ccc(NC(=O)C2CN(C(=O)c3cccc(-c4ccco4)c3)CC(F)(F)C2)cc1. The zero-order chi connectivity index (χ0) is 22.0. The van der Waals surface area contributed by atoms with E-state index in [0.29, 0.717) is 17.0 Å². The highest BCUT2D eigenvalue weighted by Crippen LogP contribution is 2.32. The molecule has 5 nitrogen and oxygen atoms in total. The Balaban J connectivity index is 1.51. The lowest BCUT2D eigenvalue weighted by molar-refractivity contribution is -0.130. The molecule has 0 radical (unpaired) electrons. The number of carbonyl (C=O) groups excluding carboxylic acids is 2. The van der Waals surface area contributed by atoms with E-state index in [1.54, 1.807) is 48.5 Å². The van der Waals surface area contributed by atoms with Gasteiger partial charge < -0.3 is 14.6 Å². The van der Waals surface area contributed by atoms with E-state index >= 15 is 0 Å². The van der Waals surface area contributed by atoms with Gasteiger partial charge in [-0.3, -0.25) is 9.59 Å². The summed E-state index contributed by atoms with van der Waals surface area (Å²) in [6, 6.07) is 17.2. The van der Waals surface area contributed by atoms with Crippen molar-refractivity contribution in [3.8, 4) is 11.3 Å². The van der Waals surface area contributed by atoms with Crippen LogP contribution >= 0.6 is 0 Å². The second-order valence-electron chi connectivity index (χ2n) is 7.86. The van der Waals surface area contributed by atoms with Crippen LogP contribution in [0.2, 0.25) is 0 Å². The molecule has 1 aliphatic heterocycles. The van der Waals surface area contributed by atoms with Gasteiger partial charge in [-0.1, -0.05) is 29.8 Å². The summed E-state index contributed by atoms with van der Waals surface area (Å²) >= 11 is 0. The van der Waals surface area contributed by atoms with Gasteiger partial charge in [-0.25, -0.2) is 8.78 Å². The van der Waals surface area contributed by atoms with Crippen LogP contribution in [-0.2, 0) is 4.79 Å². The molecule has 1 atom stereocenters. The lowest BCUT2D eigenvalue weighted by Gasteiger charge is -2.37. The summed E-state index contributed by atoms with van der Waals surface area (Å²) in [7, 11) is 0. The van der Waals surface area contributed by atoms with Crippen molar-refractivity contribution in [3.63, 3.8) is 0 Å². The molecule has 1 unspecified atom stereocenters. The highest BCUT2D eigenvalue weighted by Gasteiger charge is 2.44. The third kappa shape index (κ3) is 4.82. The Morgan fingerprint density at radius 1 is 1.10 bits per heavy atom. The molecule has 160 valence electrons. The second-order valence-corrected chi connectivity index (χ2v) is 7.86. The largest absolute Gasteiger partial charge is 0.464 e. The monoisotopic (exact) mass is 424 g/mol. The molecule has 1 aromatic heterocycles. The first-order valence-corrected chi connectivity index (χ1v) is 9.99. The standard InChI is InChI=1S/C24H22F2N2O3/c1-16-7-9-20(10-8-16)27-22(29)19-13-24(25,26)15-28(14-19)23(30)18-5-2-4-17(12-18)21-6-3-11-31-21/h2-12,19H,13-15H2,1H3,(H,27,29). The molecular formula is C24H22F2N2O3. The molecular weight excluding hydrogens is 402 g/mol. The number of anilines is 1. The van der Waals surface area contributed by atoms with Crippen molar-refractivity contribution in [2.75, 3.05) is 18.4 Å². The van der Waals surface area contributed by atoms with Crippen molar-refractivity contribution >= 4 is 17.5 Å². The van der Waals surface area contributed by atoms with Crippen LogP contribution in [0.25, 0.3) is 11.3 Å². The molecule has 0 saturated carbocycles. The van der Waals surface area contributed by atoms with Crippen molar-refractivity contribution in [3.05, 3.63) is 78.1 Å². The minimum Gasteiger partial charge on any atom is -0.464 e. The van der Waals surface area contributed by atoms with Crippen LogP contribution in [0.4, 0.5) is 14.5 Å². The first kappa shape index (κ1) is 20.8. The quantitative estimate of drug-likeness (QED) is 0.642. The average molecular weight is 424 g/mol. The molecule has 1 N–H and O–H groups in total. The van der Waals surface area contributed by atoms with Gasteiger partial charge in [-0.2, -0.15) is 0 Å². The van der Waals surface area contributed by atoms with Gasteiger partial charge in [0, 0.05) is 29.8 Å². The lowest BCUT2D eigenvalue weighted by Crippen LogP contribution is -2.52. The van der Waals surface area contributed by atoms with Gasteiger partial charge in [0.25, 0.3) is 11.8 Å². The Morgan fingerprint density at radius 2 is 1.87 bits per heavy atom. The maximum Gasteiger partial charge on any atom is 0.266 e. The number of likely N-dealkylation sites (tertiary alicyclic amines) is 1. The number of amides is 2. The number of hydrogen-bond acceptors (Lipinski definition) is 3. The van der Waals surface area contributed by atoms with Crippen LogP contribution in [0, 0.1) is 12.8 Å². The first-order valence-electron chi connectivity index (χ1n) is 9.99. The van der Waals surface area contributed by atoms with Crippen LogP contribution in [-0.4, -0.2) is 35.7 Å². The second kappa shape index (κ2) is 8.34. The van der Waals surface area contributed by atoms with Gasteiger partial charge in [0.1, 0.15) is 5.76 Å². The molecule has 4 rings (SSSR count). The zero-order valence-electron chi connectivity index (χ0n) is 17.0. The number of halogens is 2. The maximum atomic E-state index is 14.4. The summed E-state index contributed by atoms with van der Waals surface area (Å²) in [5.74, 6) is -4.65. The Kier molecular flexibility index (Phi) is 5.59. The van der Waals surface area contributed by atoms with Crippen LogP contribution < -0.4 is 5.32 Å². The molecule has 2 heterocycles. The summed E-state index contributed by atoms with van der Waals surface area (Å²) in [6.45, 7) is 1.12. The number of nitrogens with zero attached hydrogens (tertiary/aromatic N) is 1. The number of rotatable bonds is 4. The molecule has 2 amide bonds. The molecule has 31 heavy (non-hydrogen) atoms. The zero-order valence-corrected chi connectivity index (χ0v) is 17.0. The molecule has 2 aromatic carbocycles. The molecule has 0 bridgehead atoms. The van der Waals surface area contributed by atoms with Crippen molar-refractivity contribution in [2.45, 2.75) is 19.3 Å². The molecule has 1 aliphatic rings. The third-order valence-corrected chi connectivity index (χ3v) is 5.30. The number of alkyl halides is 2. The van der Waals surface area contributed by atoms with Crippen molar-refractivity contribution in [2.24, 2.45) is 5.92 Å². The summed E-state index contributed by atoms with van der Waals surface area (Å²) in [6.07, 6.45) is 0.924. The fourth-order valence-electron chi connectivity index (χ4n) is 3.74. The minimum absolute atomic E-state index is 0.0723. The fraction of sp³-hybridized carbons (Fsp3) is 0.250. The number of benzene rings is 2. The van der Waals surface area contributed by atoms with Crippen molar-refractivity contribution < 1.29 is 22.8 Å². The number of carbonyl (C=O) groups is 2. The predicted octanol–water partition coefficient (Wildman–Crippen LogP) is 4.99. The average Bonchev–Trinajstić information content (AvgIpc) is 3.29. The summed E-state index contributed by atoms with van der Waals surface area (Å²) in [5.41, 5.74) is 2.50. The van der Waals surface area contributed by atoms with E-state index in [4.69, 9.17) is 4.42 Å². The first-order chi connectivity index (χ1) is 14.8. The summed E-state index contributed by atoms with van der Waals surface area (Å²) in [4.78, 5) is 26.7. The minimum atomic E-state index is -3.15. The van der Waals surface area contributed by atoms with Gasteiger partial charge >= 0.3 is 0 Å². The smallest absolute Gasteiger partial charge is 0.266 e. The summed E-state index contributed by atoms with van der Waals surface area (Å²) < 4.78 is 34.2. The van der Waals surface area contributed by atoms with E-state index < -0.39 is 36.6 Å². The maximum absolute atomic E-state index is 14.4. The Labute approximate surface area is 178 Å². The molecule has 3 aromatic rings. The number of piperidine rings is 1. The van der Waals surface area contributed by atoms with Crippen LogP contribution in [0.1, 0.15) is 22.3 Å². The van der Waals surface area contributed by atoms with E-state index in [-0.39, 0.29) is 12.1 Å². The molecule has 0 spiro atoms. The Morgan fingerprint density at radius 3 is 2.58 bits per heavy atom. The fourth-order valence-corrected chi connectivity index (χ4v) is 3.74. The van der Waals surface area contributed by atoms with Crippen molar-refractivity contribution in [1.82, 2.24) is 4.90 Å². The van der Waals surface area contributed by atoms with Crippen LogP contribution in [0.5, 0.6) is 0 Å². The molecule has 1 saturated heterocycles. The third-order valence-electron chi connectivity index (χ3n) is 5.30. The van der Waals surface area contributed by atoms with Crippen LogP contribution in [0.15, 0.2) is 71.3 Å². The number of aryl methyl sites for hydroxylation is 1. The number of nitrogens with one attached hydrogen (secondary N) is 1. The normalized spacial score (nSPS) is 17.9. The van der Waals surface area contributed by atoms with Crippen molar-refractivity contribution in [1.29, 1.82) is 0 Å².